The maximum Gasteiger partial charge on any atom is 0.305 e. The first-order valence-corrected chi connectivity index (χ1v) is 12.6. The van der Waals surface area contributed by atoms with E-state index in [-0.39, 0.29) is 62.8 Å². The Hall–Kier alpha value is -4.34. The molecule has 0 unspecified atom stereocenters. The number of carbonyl (C=O) groups excluding carboxylic acids is 6. The van der Waals surface area contributed by atoms with E-state index in [9.17, 15) is 28.8 Å². The summed E-state index contributed by atoms with van der Waals surface area (Å²) in [4.78, 5) is 75.4. The van der Waals surface area contributed by atoms with Gasteiger partial charge < -0.3 is 9.47 Å². The van der Waals surface area contributed by atoms with Crippen LogP contribution in [0.3, 0.4) is 0 Å². The Morgan fingerprint density at radius 1 is 0.526 bits per heavy atom. The van der Waals surface area contributed by atoms with Crippen molar-refractivity contribution >= 4 is 35.6 Å². The Kier molecular flexibility index (Phi) is 8.62. The number of esters is 2. The summed E-state index contributed by atoms with van der Waals surface area (Å²) in [6, 6.07) is 13.3. The zero-order chi connectivity index (χ0) is 27.1. The number of imide groups is 2. The molecule has 10 nitrogen and oxygen atoms in total. The highest BCUT2D eigenvalue weighted by Crippen LogP contribution is 2.23. The molecular formula is C28H28N2O8. The van der Waals surface area contributed by atoms with Crippen molar-refractivity contribution in [1.82, 2.24) is 9.80 Å². The van der Waals surface area contributed by atoms with Crippen LogP contribution in [-0.2, 0) is 19.1 Å². The number of hydrogen-bond donors (Lipinski definition) is 0. The maximum absolute atomic E-state index is 12.3. The predicted molar refractivity (Wildman–Crippen MR) is 133 cm³/mol. The normalized spacial score (nSPS) is 14.1. The fraction of sp³-hybridized carbons (Fsp3) is 0.357. The number of amides is 4. The van der Waals surface area contributed by atoms with E-state index in [1.807, 2.05) is 0 Å². The molecule has 0 N–H and O–H groups in total. The van der Waals surface area contributed by atoms with E-state index >= 15 is 0 Å². The topological polar surface area (TPSA) is 127 Å². The molecule has 0 atom stereocenters. The van der Waals surface area contributed by atoms with Crippen LogP contribution in [0.15, 0.2) is 48.5 Å². The SMILES string of the molecule is O=C(CCCCC(=O)OCCCN1C(=O)c2ccccc2C1=O)OCCCN1C(=O)c2ccccc2C1=O. The lowest BCUT2D eigenvalue weighted by Crippen LogP contribution is -2.31. The van der Waals surface area contributed by atoms with Gasteiger partial charge in [0.05, 0.1) is 35.5 Å². The van der Waals surface area contributed by atoms with Crippen LogP contribution in [0.1, 0.15) is 80.0 Å². The van der Waals surface area contributed by atoms with E-state index < -0.39 is 11.9 Å². The molecule has 0 aromatic heterocycles. The molecule has 0 saturated heterocycles. The molecule has 2 aromatic rings. The highest BCUT2D eigenvalue weighted by atomic mass is 16.5. The first-order chi connectivity index (χ1) is 18.4. The lowest BCUT2D eigenvalue weighted by atomic mass is 10.1. The Morgan fingerprint density at radius 3 is 1.16 bits per heavy atom. The molecule has 0 fully saturated rings. The Morgan fingerprint density at radius 2 is 0.842 bits per heavy atom. The van der Waals surface area contributed by atoms with Crippen LogP contribution in [0.4, 0.5) is 0 Å². The fourth-order valence-electron chi connectivity index (χ4n) is 4.38. The average molecular weight is 521 g/mol. The summed E-state index contributed by atoms with van der Waals surface area (Å²) in [5.74, 6) is -2.19. The zero-order valence-electron chi connectivity index (χ0n) is 20.9. The van der Waals surface area contributed by atoms with Crippen molar-refractivity contribution in [1.29, 1.82) is 0 Å². The van der Waals surface area contributed by atoms with Gasteiger partial charge >= 0.3 is 11.9 Å². The van der Waals surface area contributed by atoms with Gasteiger partial charge in [-0.25, -0.2) is 0 Å². The van der Waals surface area contributed by atoms with E-state index in [0.29, 0.717) is 47.9 Å². The van der Waals surface area contributed by atoms with Gasteiger partial charge in [0.25, 0.3) is 23.6 Å². The molecule has 198 valence electrons. The van der Waals surface area contributed by atoms with Gasteiger partial charge in [0.1, 0.15) is 0 Å². The summed E-state index contributed by atoms with van der Waals surface area (Å²) >= 11 is 0. The number of carbonyl (C=O) groups is 6. The molecule has 0 aliphatic carbocycles. The molecule has 10 heteroatoms. The molecule has 4 amide bonds. The minimum absolute atomic E-state index is 0.0847. The van der Waals surface area contributed by atoms with Gasteiger partial charge in [-0.15, -0.1) is 0 Å². The third kappa shape index (κ3) is 5.96. The summed E-state index contributed by atoms with van der Waals surface area (Å²) in [6.45, 7) is 0.500. The summed E-state index contributed by atoms with van der Waals surface area (Å²) < 4.78 is 10.3. The summed E-state index contributed by atoms with van der Waals surface area (Å²) in [7, 11) is 0. The molecule has 38 heavy (non-hydrogen) atoms. The highest BCUT2D eigenvalue weighted by molar-refractivity contribution is 6.22. The standard InChI is InChI=1S/C28H28N2O8/c31-23(37-17-7-15-29-25(33)19-9-1-2-10-20(19)26(29)34)13-5-6-14-24(32)38-18-8-16-30-27(35)21-11-3-4-12-22(21)28(30)36/h1-4,9-12H,5-8,13-18H2. The van der Waals surface area contributed by atoms with E-state index in [1.54, 1.807) is 48.5 Å². The van der Waals surface area contributed by atoms with Gasteiger partial charge in [0.2, 0.25) is 0 Å². The van der Waals surface area contributed by atoms with Crippen molar-refractivity contribution in [2.45, 2.75) is 38.5 Å². The summed E-state index contributed by atoms with van der Waals surface area (Å²) in [5, 5.41) is 0. The van der Waals surface area contributed by atoms with Crippen LogP contribution in [0, 0.1) is 0 Å². The van der Waals surface area contributed by atoms with Gasteiger partial charge in [-0.1, -0.05) is 24.3 Å². The molecule has 2 aromatic carbocycles. The molecule has 2 aliphatic rings. The van der Waals surface area contributed by atoms with Crippen molar-refractivity contribution in [3.63, 3.8) is 0 Å². The highest BCUT2D eigenvalue weighted by Gasteiger charge is 2.35. The van der Waals surface area contributed by atoms with Gasteiger partial charge in [-0.05, 0) is 49.9 Å². The van der Waals surface area contributed by atoms with Gasteiger partial charge in [-0.3, -0.25) is 38.6 Å². The van der Waals surface area contributed by atoms with Crippen LogP contribution < -0.4 is 0 Å². The van der Waals surface area contributed by atoms with Crippen molar-refractivity contribution in [2.75, 3.05) is 26.3 Å². The molecule has 4 rings (SSSR count). The first kappa shape index (κ1) is 26.7. The van der Waals surface area contributed by atoms with Crippen LogP contribution in [0.5, 0.6) is 0 Å². The van der Waals surface area contributed by atoms with E-state index in [2.05, 4.69) is 0 Å². The summed E-state index contributed by atoms with van der Waals surface area (Å²) in [6.07, 6.45) is 1.84. The lowest BCUT2D eigenvalue weighted by molar-refractivity contribution is -0.146. The maximum atomic E-state index is 12.3. The quantitative estimate of drug-likeness (QED) is 0.224. The van der Waals surface area contributed by atoms with Crippen molar-refractivity contribution < 1.29 is 38.2 Å². The van der Waals surface area contributed by atoms with E-state index in [0.717, 1.165) is 9.80 Å². The number of unbranched alkanes of at least 4 members (excludes halogenated alkanes) is 1. The third-order valence-corrected chi connectivity index (χ3v) is 6.35. The molecule has 0 spiro atoms. The van der Waals surface area contributed by atoms with Crippen LogP contribution in [-0.4, -0.2) is 71.7 Å². The second-order valence-corrected chi connectivity index (χ2v) is 8.97. The number of nitrogens with zero attached hydrogens (tertiary/aromatic N) is 2. The largest absolute Gasteiger partial charge is 0.466 e. The molecule has 0 bridgehead atoms. The van der Waals surface area contributed by atoms with Crippen LogP contribution in [0.2, 0.25) is 0 Å². The Balaban J connectivity index is 1.02. The van der Waals surface area contributed by atoms with Crippen LogP contribution >= 0.6 is 0 Å². The molecule has 2 aliphatic heterocycles. The Labute approximate surface area is 219 Å². The van der Waals surface area contributed by atoms with Crippen LogP contribution in [0.25, 0.3) is 0 Å². The Bertz CT molecular complexity index is 1100. The summed E-state index contributed by atoms with van der Waals surface area (Å²) in [5.41, 5.74) is 1.54. The monoisotopic (exact) mass is 520 g/mol. The van der Waals surface area contributed by atoms with Crippen molar-refractivity contribution in [3.8, 4) is 0 Å². The smallest absolute Gasteiger partial charge is 0.305 e. The predicted octanol–water partition coefficient (Wildman–Crippen LogP) is 3.01. The lowest BCUT2D eigenvalue weighted by Gasteiger charge is -2.13. The molecule has 0 radical (unpaired) electrons. The molecular weight excluding hydrogens is 492 g/mol. The van der Waals surface area contributed by atoms with Gasteiger partial charge in [-0.2, -0.15) is 0 Å². The second-order valence-electron chi connectivity index (χ2n) is 8.97. The number of benzene rings is 2. The van der Waals surface area contributed by atoms with Gasteiger partial charge in [0, 0.05) is 25.9 Å². The fourth-order valence-corrected chi connectivity index (χ4v) is 4.38. The zero-order valence-corrected chi connectivity index (χ0v) is 20.9. The van der Waals surface area contributed by atoms with Crippen molar-refractivity contribution in [3.05, 3.63) is 70.8 Å². The first-order valence-electron chi connectivity index (χ1n) is 12.6. The minimum atomic E-state index is -0.415. The number of fused-ring (bicyclic) bond motifs is 2. The molecule has 0 saturated carbocycles. The number of ether oxygens (including phenoxy) is 2. The van der Waals surface area contributed by atoms with Crippen molar-refractivity contribution in [2.24, 2.45) is 0 Å². The van der Waals surface area contributed by atoms with E-state index in [1.165, 1.54) is 0 Å². The van der Waals surface area contributed by atoms with E-state index in [4.69, 9.17) is 9.47 Å². The number of hydrogen-bond acceptors (Lipinski definition) is 8. The average Bonchev–Trinajstić information content (AvgIpc) is 3.31. The minimum Gasteiger partial charge on any atom is -0.466 e. The third-order valence-electron chi connectivity index (χ3n) is 6.35. The number of rotatable bonds is 13. The second kappa shape index (κ2) is 12.3. The molecule has 2 heterocycles. The van der Waals surface area contributed by atoms with Gasteiger partial charge in [0.15, 0.2) is 0 Å².